The Morgan fingerprint density at radius 3 is 2.15 bits per heavy atom. The van der Waals surface area contributed by atoms with Crippen molar-refractivity contribution in [3.05, 3.63) is 93.7 Å². The van der Waals surface area contributed by atoms with E-state index in [1.807, 2.05) is 97.8 Å². The van der Waals surface area contributed by atoms with Crippen molar-refractivity contribution < 1.29 is 9.59 Å². The summed E-state index contributed by atoms with van der Waals surface area (Å²) in [5.74, 6) is -0.168. The second kappa shape index (κ2) is 12.0. The molecular formula is C29H36N2O2S. The largest absolute Gasteiger partial charge is 0.332 e. The summed E-state index contributed by atoms with van der Waals surface area (Å²) < 4.78 is 0. The minimum atomic E-state index is -0.491. The molecule has 0 saturated carbocycles. The lowest BCUT2D eigenvalue weighted by molar-refractivity contribution is -0.134. The van der Waals surface area contributed by atoms with Crippen molar-refractivity contribution in [2.24, 2.45) is 0 Å². The molecule has 34 heavy (non-hydrogen) atoms. The van der Waals surface area contributed by atoms with Gasteiger partial charge in [0.15, 0.2) is 0 Å². The molecule has 0 spiro atoms. The van der Waals surface area contributed by atoms with Crippen molar-refractivity contribution in [2.75, 3.05) is 6.54 Å². The fourth-order valence-corrected chi connectivity index (χ4v) is 4.55. The molecule has 0 atom stereocenters. The number of hydrogen-bond donors (Lipinski definition) is 0. The molecule has 0 fully saturated rings. The van der Waals surface area contributed by atoms with Gasteiger partial charge in [-0.05, 0) is 68.3 Å². The van der Waals surface area contributed by atoms with Gasteiger partial charge in [0.2, 0.25) is 5.91 Å². The van der Waals surface area contributed by atoms with Crippen LogP contribution in [0.3, 0.4) is 0 Å². The Labute approximate surface area is 208 Å². The molecule has 0 N–H and O–H groups in total. The van der Waals surface area contributed by atoms with Gasteiger partial charge in [0.1, 0.15) is 6.54 Å². The summed E-state index contributed by atoms with van der Waals surface area (Å²) in [5, 5.41) is 2.02. The molecule has 2 aromatic carbocycles. The first-order chi connectivity index (χ1) is 16.3. The van der Waals surface area contributed by atoms with Gasteiger partial charge < -0.3 is 9.80 Å². The van der Waals surface area contributed by atoms with Crippen molar-refractivity contribution in [3.63, 3.8) is 0 Å². The highest BCUT2D eigenvalue weighted by Crippen LogP contribution is 2.21. The van der Waals surface area contributed by atoms with E-state index in [4.69, 9.17) is 0 Å². The van der Waals surface area contributed by atoms with Crippen LogP contribution in [-0.4, -0.2) is 33.7 Å². The highest BCUT2D eigenvalue weighted by atomic mass is 32.1. The van der Waals surface area contributed by atoms with E-state index in [0.29, 0.717) is 18.7 Å². The first kappa shape index (κ1) is 25.7. The highest BCUT2D eigenvalue weighted by molar-refractivity contribution is 7.09. The van der Waals surface area contributed by atoms with Crippen molar-refractivity contribution >= 4 is 23.2 Å². The number of carbonyl (C=O) groups excluding carboxylic acids is 2. The second-order valence-corrected chi connectivity index (χ2v) is 10.7. The maximum absolute atomic E-state index is 13.6. The highest BCUT2D eigenvalue weighted by Gasteiger charge is 2.31. The topological polar surface area (TPSA) is 40.6 Å². The fourth-order valence-electron chi connectivity index (χ4n) is 3.83. The maximum atomic E-state index is 13.6. The quantitative estimate of drug-likeness (QED) is 0.332. The summed E-state index contributed by atoms with van der Waals surface area (Å²) >= 11 is 1.64. The minimum Gasteiger partial charge on any atom is -0.332 e. The zero-order valence-corrected chi connectivity index (χ0v) is 21.6. The van der Waals surface area contributed by atoms with Crippen LogP contribution in [0.2, 0.25) is 0 Å². The number of rotatable bonds is 10. The Balaban J connectivity index is 1.79. The molecule has 5 heteroatoms. The number of amides is 2. The predicted octanol–water partition coefficient (Wildman–Crippen LogP) is 6.56. The third-order valence-electron chi connectivity index (χ3n) is 5.86. The second-order valence-electron chi connectivity index (χ2n) is 9.68. The van der Waals surface area contributed by atoms with Crippen LogP contribution < -0.4 is 0 Å². The van der Waals surface area contributed by atoms with Gasteiger partial charge in [0.25, 0.3) is 5.91 Å². The number of aryl methyl sites for hydroxylation is 1. The third-order valence-corrected chi connectivity index (χ3v) is 6.73. The smallest absolute Gasteiger partial charge is 0.254 e. The number of thiophene rings is 1. The van der Waals surface area contributed by atoms with Crippen molar-refractivity contribution in [1.29, 1.82) is 0 Å². The lowest BCUT2D eigenvalue weighted by Crippen LogP contribution is -2.51. The zero-order chi connectivity index (χ0) is 24.6. The van der Waals surface area contributed by atoms with E-state index in [1.54, 1.807) is 16.2 Å². The monoisotopic (exact) mass is 476 g/mol. The Hall–Kier alpha value is -2.92. The summed E-state index contributed by atoms with van der Waals surface area (Å²) in [4.78, 5) is 31.8. The van der Waals surface area contributed by atoms with Gasteiger partial charge >= 0.3 is 0 Å². The third kappa shape index (κ3) is 7.29. The van der Waals surface area contributed by atoms with Gasteiger partial charge in [-0.2, -0.15) is 0 Å². The van der Waals surface area contributed by atoms with Gasteiger partial charge in [-0.15, -0.1) is 11.3 Å². The van der Waals surface area contributed by atoms with E-state index in [1.165, 1.54) is 5.56 Å². The average molecular weight is 477 g/mol. The standard InChI is InChI=1S/C29H36N2O2S/c1-5-6-11-23-15-17-25(18-16-23)28(33)31(29(2,3)4)22-27(32)30(21-26-14-10-19-34-26)20-24-12-8-7-9-13-24/h7-10,12-19H,5-6,11,20-22H2,1-4H3. The van der Waals surface area contributed by atoms with Crippen molar-refractivity contribution in [1.82, 2.24) is 9.80 Å². The lowest BCUT2D eigenvalue weighted by Gasteiger charge is -2.37. The molecule has 0 radical (unpaired) electrons. The zero-order valence-electron chi connectivity index (χ0n) is 20.8. The molecule has 4 nitrogen and oxygen atoms in total. The number of benzene rings is 2. The van der Waals surface area contributed by atoms with Gasteiger partial charge in [-0.1, -0.05) is 61.9 Å². The van der Waals surface area contributed by atoms with Crippen LogP contribution in [0, 0.1) is 0 Å². The van der Waals surface area contributed by atoms with Crippen LogP contribution in [0.1, 0.15) is 66.9 Å². The van der Waals surface area contributed by atoms with Crippen LogP contribution in [0.15, 0.2) is 72.1 Å². The SMILES string of the molecule is CCCCc1ccc(C(=O)N(CC(=O)N(Cc2ccccc2)Cc2cccs2)C(C)(C)C)cc1. The summed E-state index contributed by atoms with van der Waals surface area (Å²) in [5.41, 5.74) is 2.44. The lowest BCUT2D eigenvalue weighted by atomic mass is 10.0. The van der Waals surface area contributed by atoms with Crippen LogP contribution in [0.25, 0.3) is 0 Å². The fraction of sp³-hybridized carbons (Fsp3) is 0.379. The van der Waals surface area contributed by atoms with Crippen molar-refractivity contribution in [2.45, 2.75) is 65.6 Å². The molecule has 1 aromatic heterocycles. The minimum absolute atomic E-state index is 0.0398. The van der Waals surface area contributed by atoms with Crippen molar-refractivity contribution in [3.8, 4) is 0 Å². The molecule has 1 heterocycles. The molecular weight excluding hydrogens is 440 g/mol. The number of carbonyl (C=O) groups is 2. The van der Waals surface area contributed by atoms with E-state index >= 15 is 0 Å². The molecule has 0 aliphatic carbocycles. The molecule has 3 rings (SSSR count). The van der Waals surface area contributed by atoms with E-state index < -0.39 is 5.54 Å². The first-order valence-corrected chi connectivity index (χ1v) is 12.9. The number of nitrogens with zero attached hydrogens (tertiary/aromatic N) is 2. The summed E-state index contributed by atoms with van der Waals surface area (Å²) in [6.07, 6.45) is 3.30. The average Bonchev–Trinajstić information content (AvgIpc) is 3.33. The first-order valence-electron chi connectivity index (χ1n) is 12.0. The molecule has 0 aliphatic heterocycles. The molecule has 0 saturated heterocycles. The summed E-state index contributed by atoms with van der Waals surface area (Å²) in [6.45, 7) is 9.20. The molecule has 180 valence electrons. The Bertz CT molecular complexity index is 1040. The number of unbranched alkanes of at least 4 members (excludes halogenated alkanes) is 1. The van der Waals surface area contributed by atoms with Gasteiger partial charge in [-0.25, -0.2) is 0 Å². The van der Waals surface area contributed by atoms with Gasteiger partial charge in [0.05, 0.1) is 6.54 Å². The summed E-state index contributed by atoms with van der Waals surface area (Å²) in [7, 11) is 0. The van der Waals surface area contributed by atoms with Gasteiger partial charge in [0, 0.05) is 22.5 Å². The Morgan fingerprint density at radius 2 is 1.56 bits per heavy atom. The Morgan fingerprint density at radius 1 is 0.853 bits per heavy atom. The predicted molar refractivity (Wildman–Crippen MR) is 141 cm³/mol. The van der Waals surface area contributed by atoms with Crippen LogP contribution in [0.5, 0.6) is 0 Å². The normalized spacial score (nSPS) is 11.3. The molecule has 0 bridgehead atoms. The molecule has 0 aliphatic rings. The number of hydrogen-bond acceptors (Lipinski definition) is 3. The van der Waals surface area contributed by atoms with Gasteiger partial charge in [-0.3, -0.25) is 9.59 Å². The molecule has 0 unspecified atom stereocenters. The van der Waals surface area contributed by atoms with E-state index in [9.17, 15) is 9.59 Å². The van der Waals surface area contributed by atoms with Crippen LogP contribution in [0.4, 0.5) is 0 Å². The van der Waals surface area contributed by atoms with Crippen LogP contribution in [-0.2, 0) is 24.3 Å². The molecule has 2 amide bonds. The summed E-state index contributed by atoms with van der Waals surface area (Å²) in [6, 6.07) is 21.9. The van der Waals surface area contributed by atoms with E-state index in [0.717, 1.165) is 29.7 Å². The molecule has 3 aromatic rings. The van der Waals surface area contributed by atoms with E-state index in [-0.39, 0.29) is 18.4 Å². The maximum Gasteiger partial charge on any atom is 0.254 e. The van der Waals surface area contributed by atoms with E-state index in [2.05, 4.69) is 6.92 Å². The Kier molecular flexibility index (Phi) is 9.05. The van der Waals surface area contributed by atoms with Crippen LogP contribution >= 0.6 is 11.3 Å².